The van der Waals surface area contributed by atoms with Gasteiger partial charge >= 0.3 is 0 Å². The van der Waals surface area contributed by atoms with Crippen molar-refractivity contribution in [2.24, 2.45) is 0 Å². The van der Waals surface area contributed by atoms with Gasteiger partial charge in [0, 0.05) is 5.75 Å². The van der Waals surface area contributed by atoms with Crippen molar-refractivity contribution in [1.29, 1.82) is 0 Å². The maximum atomic E-state index is 4.62. The molecule has 92 valence electrons. The predicted molar refractivity (Wildman–Crippen MR) is 82.7 cm³/mol. The monoisotopic (exact) mass is 283 g/mol. The molecular weight excluding hydrogens is 266 g/mol. The SMILES string of the molecule is SCCCCCCSc1nc2ccccc2s1. The summed E-state index contributed by atoms with van der Waals surface area (Å²) in [7, 11) is 0. The fourth-order valence-electron chi connectivity index (χ4n) is 1.64. The van der Waals surface area contributed by atoms with Crippen LogP contribution in [0.4, 0.5) is 0 Å². The van der Waals surface area contributed by atoms with Crippen LogP contribution in [0.15, 0.2) is 28.6 Å². The van der Waals surface area contributed by atoms with Gasteiger partial charge in [0.25, 0.3) is 0 Å². The smallest absolute Gasteiger partial charge is 0.151 e. The van der Waals surface area contributed by atoms with Crippen LogP contribution in [0.1, 0.15) is 25.7 Å². The average Bonchev–Trinajstić information content (AvgIpc) is 2.76. The van der Waals surface area contributed by atoms with Crippen molar-refractivity contribution >= 4 is 45.9 Å². The quantitative estimate of drug-likeness (QED) is 0.442. The van der Waals surface area contributed by atoms with E-state index in [2.05, 4.69) is 35.8 Å². The zero-order chi connectivity index (χ0) is 11.9. The van der Waals surface area contributed by atoms with Gasteiger partial charge in [-0.1, -0.05) is 36.7 Å². The van der Waals surface area contributed by atoms with Crippen LogP contribution in [0, 0.1) is 0 Å². The van der Waals surface area contributed by atoms with E-state index in [0.717, 1.165) is 11.3 Å². The molecule has 0 saturated heterocycles. The van der Waals surface area contributed by atoms with Gasteiger partial charge in [-0.25, -0.2) is 4.98 Å². The first-order valence-electron chi connectivity index (χ1n) is 5.99. The highest BCUT2D eigenvalue weighted by atomic mass is 32.2. The van der Waals surface area contributed by atoms with Gasteiger partial charge in [0.05, 0.1) is 10.2 Å². The Bertz CT molecular complexity index is 420. The van der Waals surface area contributed by atoms with E-state index in [1.165, 1.54) is 40.5 Å². The van der Waals surface area contributed by atoms with E-state index < -0.39 is 0 Å². The van der Waals surface area contributed by atoms with Crippen molar-refractivity contribution in [3.63, 3.8) is 0 Å². The molecule has 1 aromatic carbocycles. The molecule has 4 heteroatoms. The molecule has 0 radical (unpaired) electrons. The summed E-state index contributed by atoms with van der Waals surface area (Å²) in [5.41, 5.74) is 1.13. The Hall–Kier alpha value is -0.190. The van der Waals surface area contributed by atoms with Crippen molar-refractivity contribution in [3.8, 4) is 0 Å². The van der Waals surface area contributed by atoms with Crippen LogP contribution in [0.25, 0.3) is 10.2 Å². The summed E-state index contributed by atoms with van der Waals surface area (Å²) < 4.78 is 2.51. The van der Waals surface area contributed by atoms with Crippen LogP contribution in [-0.2, 0) is 0 Å². The minimum atomic E-state index is 1.02. The Balaban J connectivity index is 1.75. The van der Waals surface area contributed by atoms with Gasteiger partial charge in [0.1, 0.15) is 0 Å². The molecule has 0 unspecified atom stereocenters. The number of thiazole rings is 1. The number of fused-ring (bicyclic) bond motifs is 1. The van der Waals surface area contributed by atoms with Crippen molar-refractivity contribution in [1.82, 2.24) is 4.98 Å². The molecule has 0 aliphatic carbocycles. The molecular formula is C13H17NS3. The number of rotatable bonds is 7. The Kier molecular flexibility index (Phi) is 5.68. The lowest BCUT2D eigenvalue weighted by Crippen LogP contribution is -1.82. The minimum Gasteiger partial charge on any atom is -0.230 e. The molecule has 0 N–H and O–H groups in total. The van der Waals surface area contributed by atoms with E-state index in [0.29, 0.717) is 0 Å². The molecule has 0 amide bonds. The highest BCUT2D eigenvalue weighted by molar-refractivity contribution is 8.01. The number of unbranched alkanes of at least 4 members (excludes halogenated alkanes) is 3. The van der Waals surface area contributed by atoms with Gasteiger partial charge in [-0.3, -0.25) is 0 Å². The molecule has 0 aliphatic heterocycles. The number of hydrogen-bond donors (Lipinski definition) is 1. The lowest BCUT2D eigenvalue weighted by atomic mass is 10.2. The molecule has 0 atom stereocenters. The summed E-state index contributed by atoms with van der Waals surface area (Å²) in [6.45, 7) is 0. The molecule has 0 aliphatic rings. The molecule has 0 fully saturated rings. The predicted octanol–water partition coefficient (Wildman–Crippen LogP) is 4.88. The first-order chi connectivity index (χ1) is 8.40. The summed E-state index contributed by atoms with van der Waals surface area (Å²) in [5.74, 6) is 2.21. The van der Waals surface area contributed by atoms with E-state index >= 15 is 0 Å². The topological polar surface area (TPSA) is 12.9 Å². The molecule has 0 spiro atoms. The van der Waals surface area contributed by atoms with Crippen molar-refractivity contribution in [2.75, 3.05) is 11.5 Å². The van der Waals surface area contributed by atoms with Gasteiger partial charge < -0.3 is 0 Å². The molecule has 0 bridgehead atoms. The number of benzene rings is 1. The zero-order valence-corrected chi connectivity index (χ0v) is 12.3. The number of aromatic nitrogens is 1. The maximum Gasteiger partial charge on any atom is 0.151 e. The van der Waals surface area contributed by atoms with Crippen molar-refractivity contribution < 1.29 is 0 Å². The fraction of sp³-hybridized carbons (Fsp3) is 0.462. The second kappa shape index (κ2) is 7.29. The van der Waals surface area contributed by atoms with Crippen molar-refractivity contribution in [3.05, 3.63) is 24.3 Å². The van der Waals surface area contributed by atoms with Crippen LogP contribution in [0.2, 0.25) is 0 Å². The van der Waals surface area contributed by atoms with E-state index in [9.17, 15) is 0 Å². The highest BCUT2D eigenvalue weighted by Gasteiger charge is 2.02. The summed E-state index contributed by atoms with van der Waals surface area (Å²) in [5, 5.41) is 0. The van der Waals surface area contributed by atoms with Crippen LogP contribution < -0.4 is 0 Å². The second-order valence-corrected chi connectivity index (χ2v) is 6.75. The highest BCUT2D eigenvalue weighted by Crippen LogP contribution is 2.29. The van der Waals surface area contributed by atoms with Gasteiger partial charge in [-0.05, 0) is 30.7 Å². The number of thiol groups is 1. The number of thioether (sulfide) groups is 1. The van der Waals surface area contributed by atoms with Crippen LogP contribution in [-0.4, -0.2) is 16.5 Å². The number of para-hydroxylation sites is 1. The van der Waals surface area contributed by atoms with Gasteiger partial charge in [-0.15, -0.1) is 11.3 Å². The summed E-state index contributed by atoms with van der Waals surface area (Å²) in [6.07, 6.45) is 5.16. The lowest BCUT2D eigenvalue weighted by molar-refractivity contribution is 0.712. The van der Waals surface area contributed by atoms with Gasteiger partial charge in [-0.2, -0.15) is 12.6 Å². The van der Waals surface area contributed by atoms with E-state index in [-0.39, 0.29) is 0 Å². The second-order valence-electron chi connectivity index (χ2n) is 3.93. The van der Waals surface area contributed by atoms with E-state index in [4.69, 9.17) is 0 Å². The molecule has 2 aromatic rings. The zero-order valence-electron chi connectivity index (χ0n) is 9.76. The van der Waals surface area contributed by atoms with E-state index in [1.807, 2.05) is 17.8 Å². The molecule has 1 nitrogen and oxygen atoms in total. The van der Waals surface area contributed by atoms with Crippen LogP contribution in [0.3, 0.4) is 0 Å². The summed E-state index contributed by atoms with van der Waals surface area (Å²) >= 11 is 7.92. The maximum absolute atomic E-state index is 4.62. The third kappa shape index (κ3) is 4.19. The van der Waals surface area contributed by atoms with Gasteiger partial charge in [0.15, 0.2) is 4.34 Å². The number of nitrogens with zero attached hydrogens (tertiary/aromatic N) is 1. The normalized spacial score (nSPS) is 11.1. The largest absolute Gasteiger partial charge is 0.230 e. The Labute approximate surface area is 116 Å². The Morgan fingerprint density at radius 1 is 1.12 bits per heavy atom. The summed E-state index contributed by atoms with van der Waals surface area (Å²) in [4.78, 5) is 4.62. The van der Waals surface area contributed by atoms with E-state index in [1.54, 1.807) is 11.3 Å². The number of hydrogen-bond acceptors (Lipinski definition) is 4. The van der Waals surface area contributed by atoms with Gasteiger partial charge in [0.2, 0.25) is 0 Å². The third-order valence-corrected chi connectivity index (χ3v) is 5.13. The van der Waals surface area contributed by atoms with Crippen LogP contribution >= 0.6 is 35.7 Å². The first-order valence-corrected chi connectivity index (χ1v) is 8.43. The standard InChI is InChI=1S/C13H17NS3/c15-9-5-1-2-6-10-16-13-14-11-7-3-4-8-12(11)17-13/h3-4,7-8,15H,1-2,5-6,9-10H2. The third-order valence-electron chi connectivity index (χ3n) is 2.55. The molecule has 2 rings (SSSR count). The molecule has 1 heterocycles. The molecule has 1 aromatic heterocycles. The fourth-order valence-corrected chi connectivity index (χ4v) is 4.00. The van der Waals surface area contributed by atoms with Crippen LogP contribution in [0.5, 0.6) is 0 Å². The summed E-state index contributed by atoms with van der Waals surface area (Å²) in [6, 6.07) is 8.35. The first kappa shape index (κ1) is 13.2. The lowest BCUT2D eigenvalue weighted by Gasteiger charge is -1.97. The minimum absolute atomic E-state index is 1.02. The molecule has 17 heavy (non-hydrogen) atoms. The molecule has 0 saturated carbocycles. The average molecular weight is 283 g/mol. The van der Waals surface area contributed by atoms with Crippen molar-refractivity contribution in [2.45, 2.75) is 30.0 Å². The Morgan fingerprint density at radius 3 is 2.76 bits per heavy atom. The Morgan fingerprint density at radius 2 is 1.94 bits per heavy atom.